The van der Waals surface area contributed by atoms with Crippen LogP contribution in [0.4, 0.5) is 0 Å². The second-order valence-electron chi connectivity index (χ2n) is 6.46. The molecule has 4 atom stereocenters. The molecule has 2 aliphatic carbocycles. The summed E-state index contributed by atoms with van der Waals surface area (Å²) in [6.07, 6.45) is 24.0. The Morgan fingerprint density at radius 1 is 1.33 bits per heavy atom. The van der Waals surface area contributed by atoms with E-state index >= 15 is 0 Å². The number of fused-ring (bicyclic) bond motifs is 1. The lowest BCUT2D eigenvalue weighted by Gasteiger charge is -2.37. The number of aliphatic hydroxyl groups is 2. The van der Waals surface area contributed by atoms with Crippen LogP contribution in [-0.4, -0.2) is 29.7 Å². The summed E-state index contributed by atoms with van der Waals surface area (Å²) in [6, 6.07) is 0. The monoisotopic (exact) mass is 334 g/mol. The lowest BCUT2D eigenvalue weighted by Crippen LogP contribution is -2.27. The summed E-state index contributed by atoms with van der Waals surface area (Å²) in [5.74, 6) is 2.22. The molecule has 2 aliphatic rings. The first-order valence-electron chi connectivity index (χ1n) is 9.00. The van der Waals surface area contributed by atoms with E-state index in [4.69, 9.17) is 5.11 Å². The summed E-state index contributed by atoms with van der Waals surface area (Å²) in [6.45, 7) is 2.34. The van der Waals surface area contributed by atoms with Gasteiger partial charge in [-0.05, 0) is 55.4 Å². The van der Waals surface area contributed by atoms with Gasteiger partial charge in [0.1, 0.15) is 6.29 Å². The molecule has 0 radical (unpaired) electrons. The fourth-order valence-corrected chi connectivity index (χ4v) is 3.80. The number of carbonyl (C=O) groups excluding carboxylic acids is 1. The summed E-state index contributed by atoms with van der Waals surface area (Å²) >= 11 is 0. The van der Waals surface area contributed by atoms with Crippen LogP contribution >= 0.6 is 0 Å². The molecule has 2 N–H and O–H groups in total. The van der Waals surface area contributed by atoms with Crippen LogP contribution in [0.1, 0.15) is 58.3 Å². The summed E-state index contributed by atoms with van der Waals surface area (Å²) < 4.78 is 0. The molecule has 3 heteroatoms. The van der Waals surface area contributed by atoms with Gasteiger partial charge in [-0.3, -0.25) is 0 Å². The zero-order chi connectivity index (χ0) is 18.4. The van der Waals surface area contributed by atoms with E-state index in [0.717, 1.165) is 38.1 Å². The van der Waals surface area contributed by atoms with Gasteiger partial charge in [0, 0.05) is 13.5 Å². The zero-order valence-corrected chi connectivity index (χ0v) is 15.2. The van der Waals surface area contributed by atoms with E-state index in [1.807, 2.05) is 0 Å². The van der Waals surface area contributed by atoms with Crippen molar-refractivity contribution in [2.45, 2.75) is 64.4 Å². The Labute approximate surface area is 147 Å². The van der Waals surface area contributed by atoms with Crippen molar-refractivity contribution in [2.24, 2.45) is 17.8 Å². The highest BCUT2D eigenvalue weighted by molar-refractivity contribution is 5.49. The minimum Gasteiger partial charge on any atom is -0.400 e. The molecule has 24 heavy (non-hydrogen) atoms. The third kappa shape index (κ3) is 7.47. The molecule has 1 unspecified atom stereocenters. The number of hydrogen-bond acceptors (Lipinski definition) is 3. The van der Waals surface area contributed by atoms with Crippen molar-refractivity contribution in [1.29, 1.82) is 0 Å². The van der Waals surface area contributed by atoms with Crippen LogP contribution in [0.15, 0.2) is 23.8 Å². The number of aldehydes is 1. The number of allylic oxidation sites excluding steroid dienone is 4. The second-order valence-corrected chi connectivity index (χ2v) is 6.46. The van der Waals surface area contributed by atoms with Gasteiger partial charge >= 0.3 is 0 Å². The average Bonchev–Trinajstić information content (AvgIpc) is 2.64. The second kappa shape index (κ2) is 14.0. The average molecular weight is 334 g/mol. The molecule has 0 bridgehead atoms. The van der Waals surface area contributed by atoms with Crippen LogP contribution < -0.4 is 0 Å². The van der Waals surface area contributed by atoms with Crippen LogP contribution in [0.2, 0.25) is 0 Å². The Kier molecular flexibility index (Phi) is 13.2. The van der Waals surface area contributed by atoms with Gasteiger partial charge in [0.05, 0.1) is 6.10 Å². The molecule has 0 aromatic rings. The molecule has 0 amide bonds. The Balaban J connectivity index is 0.00000123. The predicted octanol–water partition coefficient (Wildman–Crippen LogP) is 3.90. The molecule has 136 valence electrons. The Morgan fingerprint density at radius 2 is 2.04 bits per heavy atom. The number of carbonyl (C=O) groups is 1. The minimum atomic E-state index is -0.429. The number of aliphatic hydroxyl groups excluding tert-OH is 2. The highest BCUT2D eigenvalue weighted by Crippen LogP contribution is 2.42. The summed E-state index contributed by atoms with van der Waals surface area (Å²) in [5.41, 5.74) is 1.57. The van der Waals surface area contributed by atoms with E-state index in [9.17, 15) is 9.90 Å². The number of terminal acetylenes is 1. The fourth-order valence-electron chi connectivity index (χ4n) is 3.80. The van der Waals surface area contributed by atoms with Crippen LogP contribution in [0.3, 0.4) is 0 Å². The van der Waals surface area contributed by atoms with Gasteiger partial charge in [-0.15, -0.1) is 12.8 Å². The Morgan fingerprint density at radius 3 is 2.71 bits per heavy atom. The normalized spacial score (nSPS) is 25.8. The van der Waals surface area contributed by atoms with E-state index in [-0.39, 0.29) is 6.42 Å². The van der Waals surface area contributed by atoms with Crippen molar-refractivity contribution >= 4 is 6.29 Å². The van der Waals surface area contributed by atoms with E-state index in [0.29, 0.717) is 5.92 Å². The standard InChI is InChI=1S/C18H28O2.C2H2.CH4O/c1-14-10-11-15-6-2-4-9-18(15)17(14)8-5-3-7-16(20)12-13-19;2*1-2/h6,10-11,13-14,16-18,20H,2-5,7-9,12H2,1H3;1-2H;2H,1H3/t14-,16+,17-,18?;;/m0../s1. The van der Waals surface area contributed by atoms with E-state index in [1.165, 1.54) is 32.1 Å². The lowest BCUT2D eigenvalue weighted by molar-refractivity contribution is -0.109. The van der Waals surface area contributed by atoms with Crippen molar-refractivity contribution in [1.82, 2.24) is 0 Å². The molecule has 0 heterocycles. The maximum Gasteiger partial charge on any atom is 0.122 e. The third-order valence-electron chi connectivity index (χ3n) is 5.00. The quantitative estimate of drug-likeness (QED) is 0.422. The first-order valence-corrected chi connectivity index (χ1v) is 9.00. The van der Waals surface area contributed by atoms with Crippen molar-refractivity contribution in [3.05, 3.63) is 23.8 Å². The van der Waals surface area contributed by atoms with Crippen LogP contribution in [-0.2, 0) is 4.79 Å². The number of unbranched alkanes of at least 4 members (excludes halogenated alkanes) is 1. The fraction of sp³-hybridized carbons (Fsp3) is 0.667. The van der Waals surface area contributed by atoms with Gasteiger partial charge in [0.2, 0.25) is 0 Å². The minimum absolute atomic E-state index is 0.290. The highest BCUT2D eigenvalue weighted by atomic mass is 16.3. The van der Waals surface area contributed by atoms with Crippen LogP contribution in [0.25, 0.3) is 0 Å². The summed E-state index contributed by atoms with van der Waals surface area (Å²) in [5, 5.41) is 16.6. The molecular formula is C21H34O3. The van der Waals surface area contributed by atoms with Gasteiger partial charge in [-0.1, -0.05) is 38.0 Å². The van der Waals surface area contributed by atoms with E-state index in [2.05, 4.69) is 38.0 Å². The molecule has 0 spiro atoms. The predicted molar refractivity (Wildman–Crippen MR) is 100 cm³/mol. The van der Waals surface area contributed by atoms with Gasteiger partial charge in [0.25, 0.3) is 0 Å². The lowest BCUT2D eigenvalue weighted by atomic mass is 9.68. The van der Waals surface area contributed by atoms with Crippen molar-refractivity contribution in [2.75, 3.05) is 7.11 Å². The van der Waals surface area contributed by atoms with Gasteiger partial charge < -0.3 is 15.0 Å². The van der Waals surface area contributed by atoms with Crippen LogP contribution in [0, 0.1) is 30.6 Å². The largest absolute Gasteiger partial charge is 0.400 e. The third-order valence-corrected chi connectivity index (χ3v) is 5.00. The van der Waals surface area contributed by atoms with E-state index < -0.39 is 6.10 Å². The zero-order valence-electron chi connectivity index (χ0n) is 15.2. The molecule has 0 saturated heterocycles. The first kappa shape index (κ1) is 22.6. The van der Waals surface area contributed by atoms with Crippen molar-refractivity contribution in [3.8, 4) is 12.8 Å². The highest BCUT2D eigenvalue weighted by Gasteiger charge is 2.31. The maximum atomic E-state index is 10.3. The maximum absolute atomic E-state index is 10.3. The van der Waals surface area contributed by atoms with Crippen molar-refractivity contribution < 1.29 is 15.0 Å². The molecule has 0 aromatic heterocycles. The summed E-state index contributed by atoms with van der Waals surface area (Å²) in [7, 11) is 1.00. The smallest absolute Gasteiger partial charge is 0.122 e. The van der Waals surface area contributed by atoms with Gasteiger partial charge in [0.15, 0.2) is 0 Å². The van der Waals surface area contributed by atoms with E-state index in [1.54, 1.807) is 5.57 Å². The molecule has 0 saturated carbocycles. The first-order chi connectivity index (χ1) is 11.7. The number of hydrogen-bond donors (Lipinski definition) is 2. The van der Waals surface area contributed by atoms with Crippen LogP contribution in [0.5, 0.6) is 0 Å². The SMILES string of the molecule is C#C.CO.C[C@H]1C=CC2=CCCCC2[C@H]1CCCC[C@@H](O)CC=O. The molecular weight excluding hydrogens is 300 g/mol. The molecule has 0 aliphatic heterocycles. The number of rotatable bonds is 7. The molecule has 0 fully saturated rings. The molecule has 2 rings (SSSR count). The van der Waals surface area contributed by atoms with Gasteiger partial charge in [-0.25, -0.2) is 0 Å². The topological polar surface area (TPSA) is 57.5 Å². The molecule has 0 aromatic carbocycles. The van der Waals surface area contributed by atoms with Crippen molar-refractivity contribution in [3.63, 3.8) is 0 Å². The summed E-state index contributed by atoms with van der Waals surface area (Å²) in [4.78, 5) is 10.3. The molecule has 3 nitrogen and oxygen atoms in total. The van der Waals surface area contributed by atoms with Gasteiger partial charge in [-0.2, -0.15) is 0 Å². The Hall–Kier alpha value is -1.37. The Bertz CT molecular complexity index is 409.